The summed E-state index contributed by atoms with van der Waals surface area (Å²) in [6.07, 6.45) is 4.57. The van der Waals surface area contributed by atoms with Crippen LogP contribution in [-0.2, 0) is 20.7 Å². The molecule has 25 heavy (non-hydrogen) atoms. The maximum absolute atomic E-state index is 12.2. The third kappa shape index (κ3) is 5.04. The topological polar surface area (TPSA) is 84.7 Å². The van der Waals surface area contributed by atoms with Crippen molar-refractivity contribution in [3.8, 4) is 0 Å². The van der Waals surface area contributed by atoms with Gasteiger partial charge >= 0.3 is 0 Å². The first-order valence-electron chi connectivity index (χ1n) is 9.19. The van der Waals surface area contributed by atoms with E-state index in [1.807, 2.05) is 17.9 Å². The van der Waals surface area contributed by atoms with Crippen LogP contribution < -0.4 is 5.32 Å². The van der Waals surface area contributed by atoms with E-state index in [2.05, 4.69) is 10.5 Å². The van der Waals surface area contributed by atoms with Gasteiger partial charge in [-0.25, -0.2) is 0 Å². The molecular formula is C18H27N3O4. The van der Waals surface area contributed by atoms with Crippen molar-refractivity contribution in [2.75, 3.05) is 26.3 Å². The molecule has 7 heteroatoms. The summed E-state index contributed by atoms with van der Waals surface area (Å²) < 4.78 is 10.8. The van der Waals surface area contributed by atoms with Crippen molar-refractivity contribution < 1.29 is 18.8 Å². The van der Waals surface area contributed by atoms with Crippen molar-refractivity contribution in [1.82, 2.24) is 15.4 Å². The largest absolute Gasteiger partial charge is 0.379 e. The Bertz CT molecular complexity index is 601. The van der Waals surface area contributed by atoms with Crippen molar-refractivity contribution in [3.63, 3.8) is 0 Å². The second-order valence-corrected chi connectivity index (χ2v) is 7.05. The Morgan fingerprint density at radius 1 is 1.40 bits per heavy atom. The molecule has 138 valence electrons. The third-order valence-corrected chi connectivity index (χ3v) is 4.94. The number of aryl methyl sites for hydroxylation is 1. The van der Waals surface area contributed by atoms with Gasteiger partial charge in [-0.2, -0.15) is 0 Å². The number of piperidine rings is 1. The predicted octanol–water partition coefficient (Wildman–Crippen LogP) is 1.45. The smallest absolute Gasteiger partial charge is 0.222 e. The molecule has 1 aromatic heterocycles. The van der Waals surface area contributed by atoms with E-state index >= 15 is 0 Å². The average Bonchev–Trinajstić information content (AvgIpc) is 3.19. The molecule has 1 N–H and O–H groups in total. The zero-order valence-corrected chi connectivity index (χ0v) is 14.8. The monoisotopic (exact) mass is 349 g/mol. The summed E-state index contributed by atoms with van der Waals surface area (Å²) in [6.45, 7) is 4.55. The predicted molar refractivity (Wildman–Crippen MR) is 90.8 cm³/mol. The number of hydrogen-bond acceptors (Lipinski definition) is 5. The minimum absolute atomic E-state index is 0.00882. The Morgan fingerprint density at radius 3 is 3.04 bits per heavy atom. The summed E-state index contributed by atoms with van der Waals surface area (Å²) >= 11 is 0. The molecule has 2 saturated heterocycles. The molecule has 0 aliphatic carbocycles. The molecule has 2 aliphatic heterocycles. The van der Waals surface area contributed by atoms with E-state index in [4.69, 9.17) is 9.26 Å². The fourth-order valence-corrected chi connectivity index (χ4v) is 3.54. The van der Waals surface area contributed by atoms with Crippen LogP contribution in [0.5, 0.6) is 0 Å². The minimum atomic E-state index is 0.00882. The number of ether oxygens (including phenoxy) is 1. The maximum Gasteiger partial charge on any atom is 0.222 e. The number of aromatic nitrogens is 1. The van der Waals surface area contributed by atoms with Crippen molar-refractivity contribution in [2.24, 2.45) is 5.92 Å². The molecule has 3 rings (SSSR count). The Kier molecular flexibility index (Phi) is 6.07. The van der Waals surface area contributed by atoms with Gasteiger partial charge in [0, 0.05) is 44.3 Å². The van der Waals surface area contributed by atoms with Gasteiger partial charge in [0.05, 0.1) is 24.9 Å². The summed E-state index contributed by atoms with van der Waals surface area (Å²) in [4.78, 5) is 25.9. The first kappa shape index (κ1) is 17.9. The van der Waals surface area contributed by atoms with E-state index < -0.39 is 0 Å². The van der Waals surface area contributed by atoms with Crippen molar-refractivity contribution in [1.29, 1.82) is 0 Å². The van der Waals surface area contributed by atoms with E-state index in [0.29, 0.717) is 45.4 Å². The van der Waals surface area contributed by atoms with E-state index in [0.717, 1.165) is 30.8 Å². The second kappa shape index (κ2) is 8.47. The summed E-state index contributed by atoms with van der Waals surface area (Å²) in [5, 5.41) is 6.98. The van der Waals surface area contributed by atoms with E-state index in [9.17, 15) is 9.59 Å². The highest BCUT2D eigenvalue weighted by molar-refractivity contribution is 5.77. The lowest BCUT2D eigenvalue weighted by molar-refractivity contribution is -0.133. The zero-order valence-electron chi connectivity index (χ0n) is 14.8. The van der Waals surface area contributed by atoms with E-state index in [1.165, 1.54) is 0 Å². The highest BCUT2D eigenvalue weighted by Crippen LogP contribution is 2.20. The number of hydrogen-bond donors (Lipinski definition) is 1. The molecule has 7 nitrogen and oxygen atoms in total. The summed E-state index contributed by atoms with van der Waals surface area (Å²) in [5.41, 5.74) is 0.863. The van der Waals surface area contributed by atoms with Gasteiger partial charge in [-0.3, -0.25) is 9.59 Å². The lowest BCUT2D eigenvalue weighted by Gasteiger charge is -2.26. The van der Waals surface area contributed by atoms with Crippen LogP contribution in [0.4, 0.5) is 0 Å². The molecule has 0 spiro atoms. The van der Waals surface area contributed by atoms with Crippen molar-refractivity contribution in [3.05, 3.63) is 17.5 Å². The Balaban J connectivity index is 1.39. The van der Waals surface area contributed by atoms with Crippen LogP contribution in [-0.4, -0.2) is 54.2 Å². The summed E-state index contributed by atoms with van der Waals surface area (Å²) in [5.74, 6) is 1.29. The summed E-state index contributed by atoms with van der Waals surface area (Å²) in [6, 6.07) is 1.93. The lowest BCUT2D eigenvalue weighted by Crippen LogP contribution is -2.41. The molecule has 2 amide bonds. The molecule has 2 aliphatic rings. The van der Waals surface area contributed by atoms with Gasteiger partial charge in [-0.15, -0.1) is 0 Å². The van der Waals surface area contributed by atoms with E-state index in [1.54, 1.807) is 0 Å². The Labute approximate surface area is 148 Å². The van der Waals surface area contributed by atoms with Crippen LogP contribution in [0.2, 0.25) is 0 Å². The van der Waals surface area contributed by atoms with Gasteiger partial charge in [0.15, 0.2) is 0 Å². The van der Waals surface area contributed by atoms with Gasteiger partial charge in [0.2, 0.25) is 11.8 Å². The van der Waals surface area contributed by atoms with Crippen LogP contribution in [0, 0.1) is 12.8 Å². The van der Waals surface area contributed by atoms with Crippen molar-refractivity contribution >= 4 is 11.8 Å². The SMILES string of the molecule is Cc1cc(C[C@@H]2COC[C@@H]2NC(=O)CCCN2CCCCC2=O)on1. The van der Waals surface area contributed by atoms with E-state index in [-0.39, 0.29) is 23.8 Å². The summed E-state index contributed by atoms with van der Waals surface area (Å²) in [7, 11) is 0. The average molecular weight is 349 g/mol. The minimum Gasteiger partial charge on any atom is -0.379 e. The molecule has 1 aromatic rings. The highest BCUT2D eigenvalue weighted by atomic mass is 16.5. The number of nitrogens with one attached hydrogen (secondary N) is 1. The first-order valence-corrected chi connectivity index (χ1v) is 9.19. The standard InChI is InChI=1S/C18H27N3O4/c1-13-9-15(25-20-13)10-14-11-24-12-16(14)19-17(22)5-4-8-21-7-3-2-6-18(21)23/h9,14,16H,2-8,10-12H2,1H3,(H,19,22)/t14-,16+/m1/s1. The molecule has 2 atom stereocenters. The zero-order chi connectivity index (χ0) is 17.6. The number of carbonyl (C=O) groups is 2. The number of carbonyl (C=O) groups excluding carboxylic acids is 2. The number of rotatable bonds is 7. The van der Waals surface area contributed by atoms with Crippen molar-refractivity contribution in [2.45, 2.75) is 51.5 Å². The normalized spacial score (nSPS) is 23.9. The fraction of sp³-hybridized carbons (Fsp3) is 0.722. The molecule has 0 aromatic carbocycles. The Hall–Kier alpha value is -1.89. The van der Waals surface area contributed by atoms with Gasteiger partial charge in [-0.05, 0) is 26.2 Å². The molecule has 0 radical (unpaired) electrons. The molecule has 2 fully saturated rings. The number of nitrogens with zero attached hydrogens (tertiary/aromatic N) is 2. The van der Waals surface area contributed by atoms with Crippen LogP contribution in [0.25, 0.3) is 0 Å². The van der Waals surface area contributed by atoms with Crippen LogP contribution in [0.3, 0.4) is 0 Å². The Morgan fingerprint density at radius 2 is 2.28 bits per heavy atom. The van der Waals surface area contributed by atoms with Gasteiger partial charge in [0.1, 0.15) is 5.76 Å². The molecule has 0 bridgehead atoms. The number of likely N-dealkylation sites (tertiary alicyclic amines) is 1. The molecular weight excluding hydrogens is 322 g/mol. The molecule has 3 heterocycles. The number of amides is 2. The highest BCUT2D eigenvalue weighted by Gasteiger charge is 2.30. The van der Waals surface area contributed by atoms with Gasteiger partial charge < -0.3 is 19.5 Å². The maximum atomic E-state index is 12.2. The van der Waals surface area contributed by atoms with Crippen LogP contribution in [0.1, 0.15) is 43.6 Å². The quantitative estimate of drug-likeness (QED) is 0.805. The fourth-order valence-electron chi connectivity index (χ4n) is 3.54. The van der Waals surface area contributed by atoms with Gasteiger partial charge in [-0.1, -0.05) is 5.16 Å². The first-order chi connectivity index (χ1) is 12.1. The lowest BCUT2D eigenvalue weighted by atomic mass is 9.98. The molecule has 0 saturated carbocycles. The van der Waals surface area contributed by atoms with Gasteiger partial charge in [0.25, 0.3) is 0 Å². The molecule has 0 unspecified atom stereocenters. The van der Waals surface area contributed by atoms with Crippen LogP contribution >= 0.6 is 0 Å². The van der Waals surface area contributed by atoms with Crippen LogP contribution in [0.15, 0.2) is 10.6 Å². The third-order valence-electron chi connectivity index (χ3n) is 4.94. The second-order valence-electron chi connectivity index (χ2n) is 7.05.